The highest BCUT2D eigenvalue weighted by Crippen LogP contribution is 2.19. The number of morpholine rings is 1. The molecule has 2 saturated heterocycles. The maximum atomic E-state index is 12.5. The molecule has 0 spiro atoms. The van der Waals surface area contributed by atoms with Crippen molar-refractivity contribution in [1.29, 1.82) is 0 Å². The first-order valence-electron chi connectivity index (χ1n) is 10.4. The Morgan fingerprint density at radius 1 is 0.966 bits per heavy atom. The number of carbonyl (C=O) groups excluding carboxylic acids is 1. The molecular weight excluding hydrogens is 368 g/mol. The number of aryl methyl sites for hydroxylation is 1. The van der Waals surface area contributed by atoms with E-state index in [-0.39, 0.29) is 12.5 Å². The van der Waals surface area contributed by atoms with Gasteiger partial charge in [-0.3, -0.25) is 4.79 Å². The van der Waals surface area contributed by atoms with Crippen molar-refractivity contribution >= 4 is 17.8 Å². The molecule has 0 unspecified atom stereocenters. The number of amides is 1. The van der Waals surface area contributed by atoms with E-state index < -0.39 is 0 Å². The standard InChI is InChI=1S/C21H28N6O2/c1-2-16-5-7-17(8-6-16)19(28)22-15-18-23-20(26-9-3-4-10-26)25-21(24-18)27-11-13-29-14-12-27/h5-8H,2-4,9-15H2,1H3,(H,22,28). The average molecular weight is 396 g/mol. The minimum atomic E-state index is -0.122. The minimum absolute atomic E-state index is 0.122. The molecule has 1 aromatic heterocycles. The van der Waals surface area contributed by atoms with Crippen LogP contribution in [-0.4, -0.2) is 60.3 Å². The molecule has 2 fully saturated rings. The fraction of sp³-hybridized carbons (Fsp3) is 0.524. The zero-order valence-corrected chi connectivity index (χ0v) is 16.9. The van der Waals surface area contributed by atoms with E-state index >= 15 is 0 Å². The second kappa shape index (κ2) is 9.17. The van der Waals surface area contributed by atoms with Crippen LogP contribution in [0, 0.1) is 0 Å². The smallest absolute Gasteiger partial charge is 0.251 e. The molecule has 0 saturated carbocycles. The Balaban J connectivity index is 1.50. The lowest BCUT2D eigenvalue weighted by atomic mass is 10.1. The molecule has 29 heavy (non-hydrogen) atoms. The van der Waals surface area contributed by atoms with Gasteiger partial charge in [-0.05, 0) is 37.0 Å². The number of hydrogen-bond donors (Lipinski definition) is 1. The van der Waals surface area contributed by atoms with Gasteiger partial charge in [0.25, 0.3) is 5.91 Å². The number of nitrogens with zero attached hydrogens (tertiary/aromatic N) is 5. The van der Waals surface area contributed by atoms with Crippen molar-refractivity contribution in [2.45, 2.75) is 32.7 Å². The molecule has 4 rings (SSSR count). The Morgan fingerprint density at radius 2 is 1.59 bits per heavy atom. The van der Waals surface area contributed by atoms with Crippen LogP contribution in [0.15, 0.2) is 24.3 Å². The third kappa shape index (κ3) is 4.82. The van der Waals surface area contributed by atoms with E-state index in [0.29, 0.717) is 36.5 Å². The molecule has 2 aliphatic heterocycles. The first kappa shape index (κ1) is 19.6. The fourth-order valence-corrected chi connectivity index (χ4v) is 3.59. The molecule has 1 N–H and O–H groups in total. The maximum absolute atomic E-state index is 12.5. The summed E-state index contributed by atoms with van der Waals surface area (Å²) in [6.45, 7) is 7.16. The number of anilines is 2. The third-order valence-corrected chi connectivity index (χ3v) is 5.37. The summed E-state index contributed by atoms with van der Waals surface area (Å²) in [5, 5.41) is 2.95. The Bertz CT molecular complexity index is 830. The Labute approximate surface area is 171 Å². The maximum Gasteiger partial charge on any atom is 0.251 e. The molecular formula is C21H28N6O2. The van der Waals surface area contributed by atoms with Gasteiger partial charge in [-0.1, -0.05) is 19.1 Å². The molecule has 8 nitrogen and oxygen atoms in total. The Morgan fingerprint density at radius 3 is 2.21 bits per heavy atom. The van der Waals surface area contributed by atoms with Crippen LogP contribution in [0.4, 0.5) is 11.9 Å². The van der Waals surface area contributed by atoms with Crippen LogP contribution < -0.4 is 15.1 Å². The molecule has 0 aliphatic carbocycles. The highest BCUT2D eigenvalue weighted by Gasteiger charge is 2.21. The van der Waals surface area contributed by atoms with Gasteiger partial charge < -0.3 is 19.9 Å². The molecule has 154 valence electrons. The van der Waals surface area contributed by atoms with Gasteiger partial charge in [-0.2, -0.15) is 15.0 Å². The van der Waals surface area contributed by atoms with Gasteiger partial charge in [0.15, 0.2) is 5.82 Å². The SMILES string of the molecule is CCc1ccc(C(=O)NCc2nc(N3CCCC3)nc(N3CCOCC3)n2)cc1. The summed E-state index contributed by atoms with van der Waals surface area (Å²) < 4.78 is 5.45. The van der Waals surface area contributed by atoms with E-state index in [1.807, 2.05) is 24.3 Å². The van der Waals surface area contributed by atoms with Crippen LogP contribution >= 0.6 is 0 Å². The topological polar surface area (TPSA) is 83.5 Å². The molecule has 1 amide bonds. The van der Waals surface area contributed by atoms with E-state index in [4.69, 9.17) is 9.72 Å². The van der Waals surface area contributed by atoms with Crippen LogP contribution in [0.1, 0.15) is 41.5 Å². The van der Waals surface area contributed by atoms with E-state index in [2.05, 4.69) is 32.0 Å². The Hall–Kier alpha value is -2.74. The van der Waals surface area contributed by atoms with E-state index in [1.54, 1.807) is 0 Å². The summed E-state index contributed by atoms with van der Waals surface area (Å²) in [7, 11) is 0. The first-order valence-corrected chi connectivity index (χ1v) is 10.4. The van der Waals surface area contributed by atoms with Gasteiger partial charge in [0.2, 0.25) is 11.9 Å². The molecule has 3 heterocycles. The zero-order chi connectivity index (χ0) is 20.1. The lowest BCUT2D eigenvalue weighted by Crippen LogP contribution is -2.38. The van der Waals surface area contributed by atoms with Crippen molar-refractivity contribution in [2.24, 2.45) is 0 Å². The molecule has 2 aromatic rings. The summed E-state index contributed by atoms with van der Waals surface area (Å²) >= 11 is 0. The average Bonchev–Trinajstić information content (AvgIpc) is 3.33. The highest BCUT2D eigenvalue weighted by molar-refractivity contribution is 5.94. The zero-order valence-electron chi connectivity index (χ0n) is 16.9. The number of ether oxygens (including phenoxy) is 1. The largest absolute Gasteiger partial charge is 0.378 e. The minimum Gasteiger partial charge on any atom is -0.378 e. The summed E-state index contributed by atoms with van der Waals surface area (Å²) in [5.41, 5.74) is 1.86. The van der Waals surface area contributed by atoms with Crippen molar-refractivity contribution in [1.82, 2.24) is 20.3 Å². The van der Waals surface area contributed by atoms with E-state index in [9.17, 15) is 4.79 Å². The predicted molar refractivity (Wildman–Crippen MR) is 111 cm³/mol. The molecule has 0 radical (unpaired) electrons. The van der Waals surface area contributed by atoms with Gasteiger partial charge in [0.1, 0.15) is 0 Å². The van der Waals surface area contributed by atoms with Gasteiger partial charge in [0.05, 0.1) is 19.8 Å². The molecule has 2 aliphatic rings. The third-order valence-electron chi connectivity index (χ3n) is 5.37. The van der Waals surface area contributed by atoms with Crippen molar-refractivity contribution < 1.29 is 9.53 Å². The molecule has 1 aromatic carbocycles. The number of rotatable bonds is 6. The summed E-state index contributed by atoms with van der Waals surface area (Å²) in [6, 6.07) is 7.69. The van der Waals surface area contributed by atoms with E-state index in [1.165, 1.54) is 5.56 Å². The van der Waals surface area contributed by atoms with Gasteiger partial charge in [-0.25, -0.2) is 0 Å². The van der Waals surface area contributed by atoms with Crippen molar-refractivity contribution in [3.63, 3.8) is 0 Å². The molecule has 0 bridgehead atoms. The van der Waals surface area contributed by atoms with Crippen LogP contribution in [0.3, 0.4) is 0 Å². The van der Waals surface area contributed by atoms with Crippen LogP contribution in [0.25, 0.3) is 0 Å². The quantitative estimate of drug-likeness (QED) is 0.797. The van der Waals surface area contributed by atoms with Crippen LogP contribution in [0.5, 0.6) is 0 Å². The first-order chi connectivity index (χ1) is 14.2. The highest BCUT2D eigenvalue weighted by atomic mass is 16.5. The summed E-state index contributed by atoms with van der Waals surface area (Å²) in [5.74, 6) is 1.84. The van der Waals surface area contributed by atoms with Gasteiger partial charge in [0, 0.05) is 31.7 Å². The number of nitrogens with one attached hydrogen (secondary N) is 1. The lowest BCUT2D eigenvalue weighted by Gasteiger charge is -2.28. The lowest BCUT2D eigenvalue weighted by molar-refractivity contribution is 0.0950. The summed E-state index contributed by atoms with van der Waals surface area (Å²) in [4.78, 5) is 30.8. The fourth-order valence-electron chi connectivity index (χ4n) is 3.59. The number of aromatic nitrogens is 3. The van der Waals surface area contributed by atoms with E-state index in [0.717, 1.165) is 45.4 Å². The monoisotopic (exact) mass is 396 g/mol. The van der Waals surface area contributed by atoms with Gasteiger partial charge >= 0.3 is 0 Å². The van der Waals surface area contributed by atoms with Crippen LogP contribution in [-0.2, 0) is 17.7 Å². The number of carbonyl (C=O) groups is 1. The second-order valence-corrected chi connectivity index (χ2v) is 7.38. The Kier molecular flexibility index (Phi) is 6.19. The normalized spacial score (nSPS) is 16.9. The summed E-state index contributed by atoms with van der Waals surface area (Å²) in [6.07, 6.45) is 3.26. The number of benzene rings is 1. The van der Waals surface area contributed by atoms with Crippen molar-refractivity contribution in [2.75, 3.05) is 49.2 Å². The molecule has 8 heteroatoms. The number of hydrogen-bond acceptors (Lipinski definition) is 7. The predicted octanol–water partition coefficient (Wildman–Crippen LogP) is 1.80. The van der Waals surface area contributed by atoms with Crippen molar-refractivity contribution in [3.05, 3.63) is 41.2 Å². The second-order valence-electron chi connectivity index (χ2n) is 7.38. The molecule has 0 atom stereocenters. The van der Waals surface area contributed by atoms with Crippen LogP contribution in [0.2, 0.25) is 0 Å². The van der Waals surface area contributed by atoms with Crippen molar-refractivity contribution in [3.8, 4) is 0 Å². The van der Waals surface area contributed by atoms with Gasteiger partial charge in [-0.15, -0.1) is 0 Å².